The zero-order valence-corrected chi connectivity index (χ0v) is 18.1. The van der Waals surface area contributed by atoms with Crippen molar-refractivity contribution in [2.24, 2.45) is 0 Å². The van der Waals surface area contributed by atoms with E-state index in [9.17, 15) is 13.2 Å². The van der Waals surface area contributed by atoms with E-state index in [1.54, 1.807) is 10.9 Å². The number of carbonyl (C=O) groups is 1. The van der Waals surface area contributed by atoms with Gasteiger partial charge in [-0.3, -0.25) is 4.79 Å². The molecule has 3 aromatic rings. The Kier molecular flexibility index (Phi) is 7.25. The molecule has 1 N–H and O–H groups in total. The minimum atomic E-state index is -1.51. The van der Waals surface area contributed by atoms with E-state index in [0.29, 0.717) is 13.0 Å². The van der Waals surface area contributed by atoms with Crippen molar-refractivity contribution in [2.45, 2.75) is 44.0 Å². The highest BCUT2D eigenvalue weighted by Gasteiger charge is 2.44. The molecule has 3 heterocycles. The molecule has 11 heteroatoms. The Morgan fingerprint density at radius 2 is 1.79 bits per heavy atom. The highest BCUT2D eigenvalue weighted by molar-refractivity contribution is 5.57. The van der Waals surface area contributed by atoms with Crippen molar-refractivity contribution in [2.75, 3.05) is 6.61 Å². The quantitative estimate of drug-likeness (QED) is 0.452. The monoisotopic (exact) mass is 477 g/mol. The Bertz CT molecular complexity index is 1110. The van der Waals surface area contributed by atoms with E-state index in [1.807, 2.05) is 37.3 Å². The predicted octanol–water partition coefficient (Wildman–Crippen LogP) is 3.90. The molecule has 1 aromatic heterocycles. The summed E-state index contributed by atoms with van der Waals surface area (Å²) in [5.41, 5.74) is 1.24. The number of rotatable bonds is 3. The largest absolute Gasteiger partial charge is 0.483 e. The second-order valence-electron chi connectivity index (χ2n) is 7.91. The van der Waals surface area contributed by atoms with Gasteiger partial charge in [-0.25, -0.2) is 17.9 Å². The lowest BCUT2D eigenvalue weighted by molar-refractivity contribution is -0.298. The molecular weight excluding hydrogens is 455 g/mol. The third kappa shape index (κ3) is 4.96. The summed E-state index contributed by atoms with van der Waals surface area (Å²) < 4.78 is 60.3. The molecule has 0 bridgehead atoms. The number of halogens is 3. The number of nitrogens with zero attached hydrogens (tertiary/aromatic N) is 3. The first-order valence-electron chi connectivity index (χ1n) is 10.5. The number of aromatic nitrogens is 3. The van der Waals surface area contributed by atoms with Crippen LogP contribution in [0.4, 0.5) is 13.2 Å². The maximum Gasteiger partial charge on any atom is 0.290 e. The highest BCUT2D eigenvalue weighted by Crippen LogP contribution is 2.39. The summed E-state index contributed by atoms with van der Waals surface area (Å²) in [7, 11) is 0. The van der Waals surface area contributed by atoms with E-state index in [1.165, 1.54) is 0 Å². The Labute approximate surface area is 192 Å². The van der Waals surface area contributed by atoms with Crippen molar-refractivity contribution in [3.63, 3.8) is 0 Å². The number of benzene rings is 2. The van der Waals surface area contributed by atoms with Crippen molar-refractivity contribution < 1.29 is 37.3 Å². The zero-order valence-electron chi connectivity index (χ0n) is 18.1. The van der Waals surface area contributed by atoms with Gasteiger partial charge >= 0.3 is 0 Å². The van der Waals surface area contributed by atoms with Crippen LogP contribution in [-0.2, 0) is 19.0 Å². The fourth-order valence-corrected chi connectivity index (χ4v) is 4.15. The normalized spacial score (nSPS) is 26.2. The van der Waals surface area contributed by atoms with Gasteiger partial charge in [0.05, 0.1) is 24.9 Å². The molecular formula is C23H22F3N3O5. The molecule has 0 spiro atoms. The molecule has 34 heavy (non-hydrogen) atoms. The maximum atomic E-state index is 13.6. The van der Waals surface area contributed by atoms with Crippen LogP contribution in [-0.4, -0.2) is 51.5 Å². The van der Waals surface area contributed by atoms with Crippen molar-refractivity contribution in [1.29, 1.82) is 0 Å². The fraction of sp³-hybridized carbons (Fsp3) is 0.348. The van der Waals surface area contributed by atoms with Gasteiger partial charge in [-0.15, -0.1) is 5.10 Å². The molecule has 2 saturated heterocycles. The number of hydrogen-bond acceptors (Lipinski definition) is 6. The maximum absolute atomic E-state index is 13.6. The van der Waals surface area contributed by atoms with Gasteiger partial charge in [0.1, 0.15) is 17.9 Å². The lowest BCUT2D eigenvalue weighted by Crippen LogP contribution is -2.52. The zero-order chi connectivity index (χ0) is 24.2. The average Bonchev–Trinajstić information content (AvgIpc) is 3.33. The Balaban J connectivity index is 0.000000868. The molecule has 5 unspecified atom stereocenters. The van der Waals surface area contributed by atoms with E-state index in [-0.39, 0.29) is 42.1 Å². The van der Waals surface area contributed by atoms with Gasteiger partial charge in [-0.1, -0.05) is 35.5 Å². The lowest BCUT2D eigenvalue weighted by Gasteiger charge is -2.45. The van der Waals surface area contributed by atoms with Crippen LogP contribution >= 0.6 is 0 Å². The minimum Gasteiger partial charge on any atom is -0.483 e. The second kappa shape index (κ2) is 10.3. The first-order chi connectivity index (χ1) is 16.4. The standard InChI is InChI=1S/C22H20F3N3O3.CH2O2/c1-12-7-18(21-19(30-12)11-29-22(31-21)13-5-3-2-4-6-13)28-10-17(26-27-28)14-8-15(23)20(25)16(24)9-14;2-1-3/h2-6,8-10,12,18-19,21-22H,7,11H2,1H3;1H,(H,2,3). The van der Waals surface area contributed by atoms with E-state index < -0.39 is 23.7 Å². The number of carboxylic acid groups (broad SMARTS) is 1. The van der Waals surface area contributed by atoms with Crippen molar-refractivity contribution in [1.82, 2.24) is 15.0 Å². The molecule has 0 aliphatic carbocycles. The molecule has 180 valence electrons. The van der Waals surface area contributed by atoms with Crippen LogP contribution in [0.2, 0.25) is 0 Å². The van der Waals surface area contributed by atoms with E-state index in [4.69, 9.17) is 24.1 Å². The second-order valence-corrected chi connectivity index (χ2v) is 7.91. The summed E-state index contributed by atoms with van der Waals surface area (Å²) in [6, 6.07) is 11.2. The molecule has 8 nitrogen and oxygen atoms in total. The average molecular weight is 477 g/mol. The summed E-state index contributed by atoms with van der Waals surface area (Å²) in [4.78, 5) is 8.36. The molecule has 2 aromatic carbocycles. The summed E-state index contributed by atoms with van der Waals surface area (Å²) in [6.45, 7) is 2.07. The van der Waals surface area contributed by atoms with Crippen LogP contribution in [0.15, 0.2) is 48.7 Å². The molecule has 5 atom stereocenters. The molecule has 0 radical (unpaired) electrons. The predicted molar refractivity (Wildman–Crippen MR) is 112 cm³/mol. The van der Waals surface area contributed by atoms with Gasteiger partial charge in [0.15, 0.2) is 23.7 Å². The Morgan fingerprint density at radius 1 is 1.12 bits per heavy atom. The van der Waals surface area contributed by atoms with Gasteiger partial charge in [0.25, 0.3) is 6.47 Å². The van der Waals surface area contributed by atoms with E-state index in [2.05, 4.69) is 10.3 Å². The molecule has 5 rings (SSSR count). The SMILES string of the molecule is CC1CC(n2cc(-c3cc(F)c(F)c(F)c3)nn2)C2OC(c3ccccc3)OCC2O1.O=CO. The first-order valence-corrected chi connectivity index (χ1v) is 10.5. The van der Waals surface area contributed by atoms with Crippen LogP contribution in [0, 0.1) is 17.5 Å². The third-order valence-electron chi connectivity index (χ3n) is 5.62. The van der Waals surface area contributed by atoms with Crippen molar-refractivity contribution in [3.8, 4) is 11.3 Å². The van der Waals surface area contributed by atoms with Crippen LogP contribution in [0.1, 0.15) is 31.2 Å². The first kappa shape index (κ1) is 23.9. The van der Waals surface area contributed by atoms with Gasteiger partial charge in [-0.05, 0) is 25.5 Å². The molecule has 0 amide bonds. The van der Waals surface area contributed by atoms with Crippen molar-refractivity contribution in [3.05, 3.63) is 71.7 Å². The van der Waals surface area contributed by atoms with Gasteiger partial charge in [-0.2, -0.15) is 0 Å². The number of ether oxygens (including phenoxy) is 3. The van der Waals surface area contributed by atoms with Crippen LogP contribution in [0.25, 0.3) is 11.3 Å². The number of hydrogen-bond donors (Lipinski definition) is 1. The smallest absolute Gasteiger partial charge is 0.290 e. The fourth-order valence-electron chi connectivity index (χ4n) is 4.15. The Morgan fingerprint density at radius 3 is 2.47 bits per heavy atom. The summed E-state index contributed by atoms with van der Waals surface area (Å²) in [5, 5.41) is 15.1. The summed E-state index contributed by atoms with van der Waals surface area (Å²) >= 11 is 0. The lowest BCUT2D eigenvalue weighted by atomic mass is 9.95. The van der Waals surface area contributed by atoms with Gasteiger partial charge in [0, 0.05) is 11.1 Å². The van der Waals surface area contributed by atoms with Crippen molar-refractivity contribution >= 4 is 6.47 Å². The van der Waals surface area contributed by atoms with Crippen LogP contribution < -0.4 is 0 Å². The Hall–Kier alpha value is -3.28. The van der Waals surface area contributed by atoms with E-state index in [0.717, 1.165) is 17.7 Å². The van der Waals surface area contributed by atoms with Gasteiger partial charge < -0.3 is 19.3 Å². The molecule has 2 fully saturated rings. The van der Waals surface area contributed by atoms with E-state index >= 15 is 0 Å². The third-order valence-corrected chi connectivity index (χ3v) is 5.62. The molecule has 2 aliphatic heterocycles. The molecule has 0 saturated carbocycles. The number of fused-ring (bicyclic) bond motifs is 1. The van der Waals surface area contributed by atoms with Crippen LogP contribution in [0.3, 0.4) is 0 Å². The van der Waals surface area contributed by atoms with Gasteiger partial charge in [0.2, 0.25) is 0 Å². The highest BCUT2D eigenvalue weighted by atomic mass is 19.2. The van der Waals surface area contributed by atoms with Crippen LogP contribution in [0.5, 0.6) is 0 Å². The summed E-state index contributed by atoms with van der Waals surface area (Å²) in [6.07, 6.45) is 0.943. The molecule has 2 aliphatic rings. The summed E-state index contributed by atoms with van der Waals surface area (Å²) in [5.74, 6) is -4.06. The minimum absolute atomic E-state index is 0.0694. The topological polar surface area (TPSA) is 95.7 Å².